The van der Waals surface area contributed by atoms with Crippen molar-refractivity contribution in [1.82, 2.24) is 5.32 Å². The van der Waals surface area contributed by atoms with E-state index in [1.165, 1.54) is 148 Å². The summed E-state index contributed by atoms with van der Waals surface area (Å²) in [5.74, 6) is -0.506. The fourth-order valence-electron chi connectivity index (χ4n) is 8.04. The molecule has 10 heteroatoms. The Bertz CT molecular complexity index is 1170. The summed E-state index contributed by atoms with van der Waals surface area (Å²) in [6, 6.07) is -0.844. The molecule has 1 amide bonds. The van der Waals surface area contributed by atoms with E-state index in [1.807, 2.05) is 33.3 Å². The normalized spacial score (nSPS) is 14.0. The Kier molecular flexibility index (Phi) is 45.2. The number of esters is 1. The molecule has 0 saturated heterocycles. The molecular weight excluding hydrogens is 832 g/mol. The van der Waals surface area contributed by atoms with Gasteiger partial charge in [0.05, 0.1) is 33.8 Å². The molecule has 0 aliphatic heterocycles. The molecule has 3 atom stereocenters. The highest BCUT2D eigenvalue weighted by molar-refractivity contribution is 7.47. The van der Waals surface area contributed by atoms with Crippen LogP contribution in [0.5, 0.6) is 0 Å². The zero-order valence-electron chi connectivity index (χ0n) is 43.7. The molecule has 0 spiro atoms. The first-order valence-electron chi connectivity index (χ1n) is 27.7. The number of amides is 1. The van der Waals surface area contributed by atoms with Crippen LogP contribution >= 0.6 is 7.82 Å². The maximum absolute atomic E-state index is 13.4. The molecule has 2 N–H and O–H groups in total. The minimum absolute atomic E-state index is 0.0416. The van der Waals surface area contributed by atoms with Gasteiger partial charge in [-0.3, -0.25) is 18.6 Å². The Morgan fingerprint density at radius 2 is 0.908 bits per heavy atom. The second kappa shape index (κ2) is 46.2. The Hall–Kier alpha value is -1.51. The lowest BCUT2D eigenvalue weighted by molar-refractivity contribution is -0.870. The van der Waals surface area contributed by atoms with Gasteiger partial charge in [-0.05, 0) is 51.0 Å². The molecular formula is C55H108N2O7P+. The zero-order valence-corrected chi connectivity index (χ0v) is 44.6. The van der Waals surface area contributed by atoms with Crippen LogP contribution in [0.1, 0.15) is 265 Å². The average molecular weight is 940 g/mol. The number of hydrogen-bond donors (Lipinski definition) is 2. The van der Waals surface area contributed by atoms with Crippen molar-refractivity contribution in [2.75, 3.05) is 40.9 Å². The van der Waals surface area contributed by atoms with E-state index in [-0.39, 0.29) is 25.1 Å². The zero-order chi connectivity index (χ0) is 48.0. The highest BCUT2D eigenvalue weighted by atomic mass is 31.2. The molecule has 0 aromatic heterocycles. The van der Waals surface area contributed by atoms with E-state index in [0.29, 0.717) is 23.9 Å². The topological polar surface area (TPSA) is 111 Å². The lowest BCUT2D eigenvalue weighted by Crippen LogP contribution is -2.47. The molecule has 0 radical (unpaired) electrons. The lowest BCUT2D eigenvalue weighted by atomic mass is 10.0. The summed E-state index contributed by atoms with van der Waals surface area (Å²) in [5, 5.41) is 3.04. The van der Waals surface area contributed by atoms with Gasteiger partial charge in [0.2, 0.25) is 5.91 Å². The molecule has 3 unspecified atom stereocenters. The number of quaternary nitrogens is 1. The molecule has 0 saturated carbocycles. The molecule has 0 aromatic carbocycles. The minimum atomic E-state index is -4.43. The van der Waals surface area contributed by atoms with Crippen molar-refractivity contribution in [3.05, 3.63) is 24.3 Å². The average Bonchev–Trinajstić information content (AvgIpc) is 3.26. The predicted octanol–water partition coefficient (Wildman–Crippen LogP) is 16.2. The molecule has 0 aromatic rings. The Balaban J connectivity index is 5.37. The number of allylic oxidation sites excluding steroid dienone is 3. The fourth-order valence-corrected chi connectivity index (χ4v) is 8.77. The highest BCUT2D eigenvalue weighted by Gasteiger charge is 2.30. The van der Waals surface area contributed by atoms with Gasteiger partial charge in [-0.2, -0.15) is 0 Å². The van der Waals surface area contributed by atoms with Crippen molar-refractivity contribution >= 4 is 19.7 Å². The number of hydrogen-bond acceptors (Lipinski definition) is 6. The largest absolute Gasteiger partial charge is 0.472 e. The Morgan fingerprint density at radius 3 is 1.35 bits per heavy atom. The SMILES string of the molecule is CCCC/C=C\CCCCCCCC(=O)NC(COP(=O)(O)OCC[N+](C)(C)C)C(/C=C/CCCCCCCCCCCCC)OC(=O)CCCCCCCCCCCCCCCCC. The number of nitrogens with zero attached hydrogens (tertiary/aromatic N) is 1. The van der Waals surface area contributed by atoms with Crippen LogP contribution in [0.3, 0.4) is 0 Å². The van der Waals surface area contributed by atoms with Gasteiger partial charge in [0.25, 0.3) is 0 Å². The van der Waals surface area contributed by atoms with Crippen molar-refractivity contribution in [2.45, 2.75) is 277 Å². The summed E-state index contributed by atoms with van der Waals surface area (Å²) in [5.41, 5.74) is 0. The maximum Gasteiger partial charge on any atom is 0.472 e. The summed E-state index contributed by atoms with van der Waals surface area (Å²) >= 11 is 0. The summed E-state index contributed by atoms with van der Waals surface area (Å²) in [4.78, 5) is 37.4. The molecule has 384 valence electrons. The standard InChI is InChI=1S/C55H107N2O7P/c1-7-10-13-16-19-22-25-27-28-30-33-36-39-42-45-48-55(59)64-53(46-43-40-37-34-32-29-26-23-20-17-14-11-8-2)52(51-63-65(60,61)62-50-49-57(4,5)6)56-54(58)47-44-41-38-35-31-24-21-18-15-12-9-3/h18,21,43,46,52-53H,7-17,19-20,22-42,44-45,47-51H2,1-6H3,(H-,56,58,60,61)/p+1/b21-18-,46-43+. The number of carbonyl (C=O) groups is 2. The van der Waals surface area contributed by atoms with E-state index in [1.54, 1.807) is 0 Å². The molecule has 0 aliphatic rings. The molecule has 0 aliphatic carbocycles. The van der Waals surface area contributed by atoms with Crippen molar-refractivity contribution < 1.29 is 37.3 Å². The van der Waals surface area contributed by atoms with E-state index < -0.39 is 20.0 Å². The first-order chi connectivity index (χ1) is 31.4. The summed E-state index contributed by atoms with van der Waals surface area (Å²) in [6.07, 6.45) is 51.6. The number of nitrogens with one attached hydrogen (secondary N) is 1. The van der Waals surface area contributed by atoms with Crippen molar-refractivity contribution in [2.24, 2.45) is 0 Å². The van der Waals surface area contributed by atoms with Crippen molar-refractivity contribution in [1.29, 1.82) is 0 Å². The van der Waals surface area contributed by atoms with Crippen LogP contribution in [0.15, 0.2) is 24.3 Å². The molecule has 0 rings (SSSR count). The van der Waals surface area contributed by atoms with Gasteiger partial charge >= 0.3 is 13.8 Å². The van der Waals surface area contributed by atoms with Gasteiger partial charge in [-0.15, -0.1) is 0 Å². The highest BCUT2D eigenvalue weighted by Crippen LogP contribution is 2.43. The number of phosphoric acid groups is 1. The number of ether oxygens (including phenoxy) is 1. The molecule has 0 bridgehead atoms. The smallest absolute Gasteiger partial charge is 0.456 e. The van der Waals surface area contributed by atoms with Crippen LogP contribution in [-0.4, -0.2) is 74.3 Å². The van der Waals surface area contributed by atoms with Gasteiger partial charge in [-0.25, -0.2) is 4.57 Å². The van der Waals surface area contributed by atoms with Gasteiger partial charge in [-0.1, -0.05) is 225 Å². The summed E-state index contributed by atoms with van der Waals surface area (Å²) in [6.45, 7) is 6.98. The van der Waals surface area contributed by atoms with Crippen molar-refractivity contribution in [3.8, 4) is 0 Å². The fraction of sp³-hybridized carbons (Fsp3) is 0.891. The molecule has 9 nitrogen and oxygen atoms in total. The van der Waals surface area contributed by atoms with Crippen LogP contribution in [0, 0.1) is 0 Å². The number of rotatable bonds is 50. The van der Waals surface area contributed by atoms with Crippen molar-refractivity contribution in [3.63, 3.8) is 0 Å². The number of likely N-dealkylation sites (N-methyl/N-ethyl adjacent to an activating group) is 1. The second-order valence-corrected chi connectivity index (χ2v) is 21.6. The van der Waals surface area contributed by atoms with Gasteiger partial charge < -0.3 is 19.4 Å². The minimum Gasteiger partial charge on any atom is -0.456 e. The predicted molar refractivity (Wildman–Crippen MR) is 277 cm³/mol. The lowest BCUT2D eigenvalue weighted by Gasteiger charge is -2.27. The first kappa shape index (κ1) is 63.5. The van der Waals surface area contributed by atoms with E-state index >= 15 is 0 Å². The molecule has 0 heterocycles. The summed E-state index contributed by atoms with van der Waals surface area (Å²) in [7, 11) is 1.50. The van der Waals surface area contributed by atoms with Crippen LogP contribution in [-0.2, 0) is 27.9 Å². The van der Waals surface area contributed by atoms with Crippen LogP contribution in [0.25, 0.3) is 0 Å². The van der Waals surface area contributed by atoms with Gasteiger partial charge in [0.15, 0.2) is 0 Å². The third-order valence-electron chi connectivity index (χ3n) is 12.4. The van der Waals surface area contributed by atoms with Crippen LogP contribution < -0.4 is 5.32 Å². The van der Waals surface area contributed by atoms with E-state index in [2.05, 4.69) is 38.2 Å². The van der Waals surface area contributed by atoms with Gasteiger partial charge in [0, 0.05) is 12.8 Å². The number of phosphoric ester groups is 1. The van der Waals surface area contributed by atoms with E-state index in [4.69, 9.17) is 13.8 Å². The third kappa shape index (κ3) is 47.4. The van der Waals surface area contributed by atoms with E-state index in [0.717, 1.165) is 83.5 Å². The van der Waals surface area contributed by atoms with Gasteiger partial charge in [0.1, 0.15) is 19.3 Å². The monoisotopic (exact) mass is 940 g/mol. The van der Waals surface area contributed by atoms with Crippen LogP contribution in [0.2, 0.25) is 0 Å². The Labute approximate surface area is 403 Å². The number of unbranched alkanes of at least 4 members (excludes halogenated alkanes) is 32. The number of carbonyl (C=O) groups excluding carboxylic acids is 2. The quantitative estimate of drug-likeness (QED) is 0.0205. The van der Waals surface area contributed by atoms with Crippen LogP contribution in [0.4, 0.5) is 0 Å². The summed E-state index contributed by atoms with van der Waals surface area (Å²) < 4.78 is 30.5. The Morgan fingerprint density at radius 1 is 0.523 bits per heavy atom. The maximum atomic E-state index is 13.4. The molecule has 65 heavy (non-hydrogen) atoms. The third-order valence-corrected chi connectivity index (χ3v) is 13.4. The second-order valence-electron chi connectivity index (χ2n) is 20.1. The molecule has 0 fully saturated rings. The first-order valence-corrected chi connectivity index (χ1v) is 29.2. The van der Waals surface area contributed by atoms with E-state index in [9.17, 15) is 19.0 Å².